The van der Waals surface area contributed by atoms with E-state index in [1.807, 2.05) is 29.8 Å². The molecule has 0 radical (unpaired) electrons. The molecule has 1 aliphatic rings. The van der Waals surface area contributed by atoms with Gasteiger partial charge in [-0.15, -0.1) is 0 Å². The summed E-state index contributed by atoms with van der Waals surface area (Å²) in [5.41, 5.74) is 3.69. The van der Waals surface area contributed by atoms with E-state index < -0.39 is 0 Å². The molecule has 1 fully saturated rings. The fourth-order valence-corrected chi connectivity index (χ4v) is 4.51. The van der Waals surface area contributed by atoms with Gasteiger partial charge in [0, 0.05) is 49.4 Å². The number of H-pyrrole nitrogens is 1. The van der Waals surface area contributed by atoms with Crippen molar-refractivity contribution in [3.63, 3.8) is 0 Å². The van der Waals surface area contributed by atoms with Crippen molar-refractivity contribution in [2.45, 2.75) is 19.5 Å². The predicted octanol–water partition coefficient (Wildman–Crippen LogP) is 2.72. The van der Waals surface area contributed by atoms with E-state index in [4.69, 9.17) is 31.2 Å². The Morgan fingerprint density at radius 3 is 2.94 bits per heavy atom. The zero-order valence-electron chi connectivity index (χ0n) is 19.8. The molecule has 2 N–H and O–H groups in total. The number of rotatable bonds is 8. The fraction of sp³-hybridized carbons (Fsp3) is 0.417. The molecule has 0 aliphatic carbocycles. The number of methoxy groups -OCH3 is 1. The summed E-state index contributed by atoms with van der Waals surface area (Å²) in [4.78, 5) is 27.5. The van der Waals surface area contributed by atoms with Gasteiger partial charge in [0.1, 0.15) is 16.9 Å². The minimum absolute atomic E-state index is 0.135. The molecule has 1 atom stereocenters. The maximum Gasteiger partial charge on any atom is 0.255 e. The highest BCUT2D eigenvalue weighted by atomic mass is 35.5. The van der Waals surface area contributed by atoms with Gasteiger partial charge in [-0.05, 0) is 25.1 Å². The molecule has 3 aromatic heterocycles. The average Bonchev–Trinajstić information content (AvgIpc) is 3.44. The summed E-state index contributed by atoms with van der Waals surface area (Å²) in [6.45, 7) is 7.20. The highest BCUT2D eigenvalue weighted by Crippen LogP contribution is 2.30. The number of halogens is 1. The number of nitrogens with zero attached hydrogens (tertiary/aromatic N) is 5. The van der Waals surface area contributed by atoms with Crippen molar-refractivity contribution in [3.05, 3.63) is 41.2 Å². The third kappa shape index (κ3) is 5.01. The van der Waals surface area contributed by atoms with Crippen LogP contribution in [0, 0.1) is 0 Å². The molecule has 4 aromatic rings. The summed E-state index contributed by atoms with van der Waals surface area (Å²) in [5.74, 6) is -0.236. The second-order valence-corrected chi connectivity index (χ2v) is 9.11. The zero-order valence-corrected chi connectivity index (χ0v) is 20.5. The number of hydrogen-bond acceptors (Lipinski definition) is 7. The second-order valence-electron chi connectivity index (χ2n) is 8.67. The van der Waals surface area contributed by atoms with E-state index >= 15 is 0 Å². The normalized spacial score (nSPS) is 15.6. The Morgan fingerprint density at radius 2 is 2.14 bits per heavy atom. The van der Waals surface area contributed by atoms with Gasteiger partial charge in [0.25, 0.3) is 5.91 Å². The molecule has 1 saturated heterocycles. The Morgan fingerprint density at radius 1 is 1.31 bits per heavy atom. The number of carbonyl (C=O) groups is 1. The minimum atomic E-state index is -0.236. The van der Waals surface area contributed by atoms with Gasteiger partial charge in [0.15, 0.2) is 5.65 Å². The van der Waals surface area contributed by atoms with Crippen LogP contribution in [-0.4, -0.2) is 88.1 Å². The largest absolute Gasteiger partial charge is 0.383 e. The van der Waals surface area contributed by atoms with Crippen molar-refractivity contribution in [1.82, 2.24) is 34.9 Å². The topological polar surface area (TPSA) is 110 Å². The summed E-state index contributed by atoms with van der Waals surface area (Å²) in [5, 5.41) is 9.39. The van der Waals surface area contributed by atoms with Gasteiger partial charge in [-0.3, -0.25) is 14.4 Å². The number of hydrogen-bond donors (Lipinski definition) is 2. The molecular weight excluding hydrogens is 470 g/mol. The van der Waals surface area contributed by atoms with Gasteiger partial charge in [-0.2, -0.15) is 5.10 Å². The molecule has 1 amide bonds. The first-order valence-electron chi connectivity index (χ1n) is 11.6. The smallest absolute Gasteiger partial charge is 0.255 e. The van der Waals surface area contributed by atoms with Gasteiger partial charge in [-0.25, -0.2) is 9.97 Å². The van der Waals surface area contributed by atoms with E-state index in [0.29, 0.717) is 46.3 Å². The van der Waals surface area contributed by atoms with Gasteiger partial charge in [-0.1, -0.05) is 11.6 Å². The molecule has 5 rings (SSSR count). The van der Waals surface area contributed by atoms with Crippen LogP contribution in [-0.2, 0) is 16.0 Å². The third-order valence-electron chi connectivity index (χ3n) is 6.11. The summed E-state index contributed by atoms with van der Waals surface area (Å²) in [6.07, 6.45) is 3.30. The van der Waals surface area contributed by atoms with E-state index in [2.05, 4.69) is 20.2 Å². The molecule has 0 saturated carbocycles. The molecule has 10 nitrogen and oxygen atoms in total. The Hall–Kier alpha value is -3.05. The second kappa shape index (κ2) is 10.3. The average molecular weight is 498 g/mol. The van der Waals surface area contributed by atoms with E-state index in [9.17, 15) is 4.79 Å². The first kappa shape index (κ1) is 23.7. The Balaban J connectivity index is 1.49. The maximum atomic E-state index is 12.8. The number of benzene rings is 1. The maximum absolute atomic E-state index is 12.8. The van der Waals surface area contributed by atoms with Gasteiger partial charge >= 0.3 is 0 Å². The zero-order chi connectivity index (χ0) is 24.4. The summed E-state index contributed by atoms with van der Waals surface area (Å²) < 4.78 is 12.5. The van der Waals surface area contributed by atoms with Crippen molar-refractivity contribution >= 4 is 39.6 Å². The lowest BCUT2D eigenvalue weighted by molar-refractivity contribution is 0.0361. The van der Waals surface area contributed by atoms with Crippen LogP contribution in [0.3, 0.4) is 0 Å². The predicted molar refractivity (Wildman–Crippen MR) is 134 cm³/mol. The minimum Gasteiger partial charge on any atom is -0.383 e. The summed E-state index contributed by atoms with van der Waals surface area (Å²) in [6, 6.07) is 5.59. The van der Waals surface area contributed by atoms with Crippen LogP contribution >= 0.6 is 11.6 Å². The van der Waals surface area contributed by atoms with Gasteiger partial charge < -0.3 is 19.8 Å². The molecule has 1 aromatic carbocycles. The number of fused-ring (bicyclic) bond motifs is 2. The molecule has 4 heterocycles. The lowest BCUT2D eigenvalue weighted by Gasteiger charge is -2.26. The van der Waals surface area contributed by atoms with Crippen LogP contribution in [0.5, 0.6) is 0 Å². The summed E-state index contributed by atoms with van der Waals surface area (Å²) >= 11 is 6.32. The monoisotopic (exact) mass is 497 g/mol. The lowest BCUT2D eigenvalue weighted by Crippen LogP contribution is -2.38. The molecule has 11 heteroatoms. The molecule has 0 bridgehead atoms. The van der Waals surface area contributed by atoms with Crippen LogP contribution in [0.2, 0.25) is 5.02 Å². The quantitative estimate of drug-likeness (QED) is 0.385. The number of ether oxygens (including phenoxy) is 2. The lowest BCUT2D eigenvalue weighted by atomic mass is 10.1. The van der Waals surface area contributed by atoms with Crippen LogP contribution in [0.1, 0.15) is 17.3 Å². The van der Waals surface area contributed by atoms with Crippen molar-refractivity contribution in [2.24, 2.45) is 0 Å². The molecule has 1 aliphatic heterocycles. The molecule has 35 heavy (non-hydrogen) atoms. The molecule has 0 spiro atoms. The van der Waals surface area contributed by atoms with Crippen LogP contribution in [0.4, 0.5) is 0 Å². The van der Waals surface area contributed by atoms with Gasteiger partial charge in [0.05, 0.1) is 43.6 Å². The Kier molecular flexibility index (Phi) is 6.96. The SMILES string of the molecule is COC[C@H](C)NC(=O)c1c[nH]c2ncc(-c3nn(CCN4CCOCC4)c4cc(Cl)ccc34)nc12. The van der Waals surface area contributed by atoms with Crippen molar-refractivity contribution in [1.29, 1.82) is 0 Å². The number of aromatic nitrogens is 5. The Bertz CT molecular complexity index is 1350. The number of morpholine rings is 1. The number of aromatic amines is 1. The van der Waals surface area contributed by atoms with Crippen LogP contribution < -0.4 is 5.32 Å². The van der Waals surface area contributed by atoms with Crippen molar-refractivity contribution < 1.29 is 14.3 Å². The van der Waals surface area contributed by atoms with E-state index in [1.54, 1.807) is 19.5 Å². The molecule has 184 valence electrons. The molecular formula is C24H28ClN7O3. The van der Waals surface area contributed by atoms with Gasteiger partial charge in [0.2, 0.25) is 0 Å². The van der Waals surface area contributed by atoms with E-state index in [0.717, 1.165) is 43.8 Å². The first-order chi connectivity index (χ1) is 17.0. The Labute approximate surface area is 207 Å². The van der Waals surface area contributed by atoms with E-state index in [1.165, 1.54) is 0 Å². The van der Waals surface area contributed by atoms with Crippen molar-refractivity contribution in [2.75, 3.05) is 46.6 Å². The van der Waals surface area contributed by atoms with Crippen LogP contribution in [0.15, 0.2) is 30.6 Å². The van der Waals surface area contributed by atoms with Crippen molar-refractivity contribution in [3.8, 4) is 11.4 Å². The standard InChI is InChI=1S/C24H28ClN7O3/c1-15(14-34-2)28-24(33)18-12-26-23-22(18)29-19(13-27-23)21-17-4-3-16(25)11-20(17)32(30-21)6-5-31-7-9-35-10-8-31/h3-4,11-13,15H,5-10,14H2,1-2H3,(H,26,27)(H,28,33)/t15-/m0/s1. The number of carbonyl (C=O) groups excluding carboxylic acids is 1. The number of nitrogens with one attached hydrogen (secondary N) is 2. The number of amides is 1. The van der Waals surface area contributed by atoms with E-state index in [-0.39, 0.29) is 11.9 Å². The highest BCUT2D eigenvalue weighted by Gasteiger charge is 2.20. The first-order valence-corrected chi connectivity index (χ1v) is 12.0. The highest BCUT2D eigenvalue weighted by molar-refractivity contribution is 6.31. The fourth-order valence-electron chi connectivity index (χ4n) is 4.34. The molecule has 0 unspecified atom stereocenters. The van der Waals surface area contributed by atoms with Crippen LogP contribution in [0.25, 0.3) is 33.5 Å². The summed E-state index contributed by atoms with van der Waals surface area (Å²) in [7, 11) is 1.60. The third-order valence-corrected chi connectivity index (χ3v) is 6.34.